The quantitative estimate of drug-likeness (QED) is 0.768. The van der Waals surface area contributed by atoms with Crippen molar-refractivity contribution in [1.29, 1.82) is 0 Å². The van der Waals surface area contributed by atoms with Gasteiger partial charge in [0.25, 0.3) is 0 Å². The van der Waals surface area contributed by atoms with Crippen molar-refractivity contribution in [3.8, 4) is 5.75 Å². The highest BCUT2D eigenvalue weighted by molar-refractivity contribution is 5.32. The minimum atomic E-state index is -0.289. The maximum atomic E-state index is 12.9. The normalized spacial score (nSPS) is 10.3. The van der Waals surface area contributed by atoms with E-state index in [1.54, 1.807) is 18.6 Å². The lowest BCUT2D eigenvalue weighted by Gasteiger charge is -2.07. The molecule has 15 heavy (non-hydrogen) atoms. The Kier molecular flexibility index (Phi) is 2.72. The van der Waals surface area contributed by atoms with E-state index in [4.69, 9.17) is 9.15 Å². The zero-order valence-corrected chi connectivity index (χ0v) is 8.37. The van der Waals surface area contributed by atoms with Crippen LogP contribution in [0.2, 0.25) is 0 Å². The Morgan fingerprint density at radius 3 is 2.93 bits per heavy atom. The van der Waals surface area contributed by atoms with E-state index >= 15 is 0 Å². The van der Waals surface area contributed by atoms with Gasteiger partial charge in [-0.1, -0.05) is 6.07 Å². The van der Waals surface area contributed by atoms with Gasteiger partial charge in [0, 0.05) is 11.6 Å². The largest absolute Gasteiger partial charge is 0.488 e. The number of furan rings is 1. The molecule has 2 nitrogen and oxygen atoms in total. The van der Waals surface area contributed by atoms with E-state index in [0.717, 1.165) is 11.1 Å². The monoisotopic (exact) mass is 206 g/mol. The summed E-state index contributed by atoms with van der Waals surface area (Å²) in [6, 6.07) is 6.31. The summed E-state index contributed by atoms with van der Waals surface area (Å²) in [5.74, 6) is 0.277. The molecule has 0 aliphatic carbocycles. The molecule has 0 atom stereocenters. The number of ether oxygens (including phenoxy) is 1. The molecular formula is C12H11FO2. The van der Waals surface area contributed by atoms with Crippen molar-refractivity contribution in [3.63, 3.8) is 0 Å². The minimum Gasteiger partial charge on any atom is -0.488 e. The molecule has 0 bridgehead atoms. The van der Waals surface area contributed by atoms with Crippen molar-refractivity contribution in [3.05, 3.63) is 53.7 Å². The Labute approximate surface area is 87.3 Å². The van der Waals surface area contributed by atoms with Crippen LogP contribution in [0.5, 0.6) is 5.75 Å². The molecule has 0 amide bonds. The third kappa shape index (κ3) is 2.37. The maximum absolute atomic E-state index is 12.9. The molecule has 0 aliphatic rings. The van der Waals surface area contributed by atoms with Crippen LogP contribution in [0.4, 0.5) is 4.39 Å². The van der Waals surface area contributed by atoms with Crippen LogP contribution in [0.15, 0.2) is 41.2 Å². The van der Waals surface area contributed by atoms with Crippen molar-refractivity contribution in [2.45, 2.75) is 13.5 Å². The van der Waals surface area contributed by atoms with Gasteiger partial charge < -0.3 is 9.15 Å². The molecule has 0 radical (unpaired) electrons. The molecule has 0 fully saturated rings. The SMILES string of the molecule is Cc1ccc(F)cc1OCc1ccoc1. The first-order valence-corrected chi connectivity index (χ1v) is 4.66. The molecular weight excluding hydrogens is 195 g/mol. The first-order valence-electron chi connectivity index (χ1n) is 4.66. The lowest BCUT2D eigenvalue weighted by atomic mass is 10.2. The zero-order valence-electron chi connectivity index (χ0n) is 8.37. The molecule has 1 heterocycles. The van der Waals surface area contributed by atoms with E-state index in [9.17, 15) is 4.39 Å². The van der Waals surface area contributed by atoms with Gasteiger partial charge in [-0.05, 0) is 24.6 Å². The fourth-order valence-electron chi connectivity index (χ4n) is 1.27. The van der Waals surface area contributed by atoms with Gasteiger partial charge in [0.15, 0.2) is 0 Å². The van der Waals surface area contributed by atoms with E-state index < -0.39 is 0 Å². The van der Waals surface area contributed by atoms with Crippen LogP contribution in [-0.4, -0.2) is 0 Å². The first-order chi connectivity index (χ1) is 7.25. The van der Waals surface area contributed by atoms with Crippen molar-refractivity contribution >= 4 is 0 Å². The topological polar surface area (TPSA) is 22.4 Å². The first kappa shape index (κ1) is 9.77. The molecule has 0 N–H and O–H groups in total. The number of hydrogen-bond acceptors (Lipinski definition) is 2. The maximum Gasteiger partial charge on any atom is 0.126 e. The predicted octanol–water partition coefficient (Wildman–Crippen LogP) is 3.31. The molecule has 0 spiro atoms. The van der Waals surface area contributed by atoms with Gasteiger partial charge in [0.05, 0.1) is 12.5 Å². The van der Waals surface area contributed by atoms with E-state index in [0.29, 0.717) is 12.4 Å². The average molecular weight is 206 g/mol. The van der Waals surface area contributed by atoms with Crippen molar-refractivity contribution < 1.29 is 13.5 Å². The second-order valence-electron chi connectivity index (χ2n) is 3.33. The predicted molar refractivity (Wildman–Crippen MR) is 54.2 cm³/mol. The fourth-order valence-corrected chi connectivity index (χ4v) is 1.27. The van der Waals surface area contributed by atoms with Gasteiger partial charge >= 0.3 is 0 Å². The average Bonchev–Trinajstić information content (AvgIpc) is 2.72. The number of benzene rings is 1. The molecule has 0 aliphatic heterocycles. The van der Waals surface area contributed by atoms with Crippen LogP contribution in [0, 0.1) is 12.7 Å². The summed E-state index contributed by atoms with van der Waals surface area (Å²) in [5.41, 5.74) is 1.85. The molecule has 0 unspecified atom stereocenters. The lowest BCUT2D eigenvalue weighted by Crippen LogP contribution is -1.96. The summed E-state index contributed by atoms with van der Waals surface area (Å²) in [4.78, 5) is 0. The van der Waals surface area contributed by atoms with E-state index in [2.05, 4.69) is 0 Å². The molecule has 78 valence electrons. The smallest absolute Gasteiger partial charge is 0.126 e. The van der Waals surface area contributed by atoms with Crippen molar-refractivity contribution in [1.82, 2.24) is 0 Å². The molecule has 2 aromatic rings. The molecule has 2 rings (SSSR count). The van der Waals surface area contributed by atoms with Crippen LogP contribution < -0.4 is 4.74 Å². The van der Waals surface area contributed by atoms with Crippen LogP contribution in [0.3, 0.4) is 0 Å². The summed E-state index contributed by atoms with van der Waals surface area (Å²) >= 11 is 0. The van der Waals surface area contributed by atoms with Gasteiger partial charge in [-0.2, -0.15) is 0 Å². The Hall–Kier alpha value is -1.77. The van der Waals surface area contributed by atoms with Gasteiger partial charge in [0.1, 0.15) is 18.2 Å². The lowest BCUT2D eigenvalue weighted by molar-refractivity contribution is 0.301. The summed E-state index contributed by atoms with van der Waals surface area (Å²) in [5, 5.41) is 0. The molecule has 3 heteroatoms. The van der Waals surface area contributed by atoms with Crippen LogP contribution in [0.1, 0.15) is 11.1 Å². The zero-order chi connectivity index (χ0) is 10.7. The van der Waals surface area contributed by atoms with Gasteiger partial charge in [-0.3, -0.25) is 0 Å². The van der Waals surface area contributed by atoms with Crippen molar-refractivity contribution in [2.75, 3.05) is 0 Å². The second kappa shape index (κ2) is 4.17. The van der Waals surface area contributed by atoms with E-state index in [-0.39, 0.29) is 5.82 Å². The second-order valence-corrected chi connectivity index (χ2v) is 3.33. The summed E-state index contributed by atoms with van der Waals surface area (Å²) in [6.45, 7) is 2.27. The third-order valence-corrected chi connectivity index (χ3v) is 2.12. The standard InChI is InChI=1S/C12H11FO2/c1-9-2-3-11(13)6-12(9)15-8-10-4-5-14-7-10/h2-7H,8H2,1H3. The van der Waals surface area contributed by atoms with Gasteiger partial charge in [-0.15, -0.1) is 0 Å². The number of halogens is 1. The fraction of sp³-hybridized carbons (Fsp3) is 0.167. The number of rotatable bonds is 3. The Morgan fingerprint density at radius 1 is 1.33 bits per heavy atom. The molecule has 0 saturated heterocycles. The van der Waals surface area contributed by atoms with Gasteiger partial charge in [0.2, 0.25) is 0 Å². The highest BCUT2D eigenvalue weighted by Crippen LogP contribution is 2.20. The number of hydrogen-bond donors (Lipinski definition) is 0. The van der Waals surface area contributed by atoms with Gasteiger partial charge in [-0.25, -0.2) is 4.39 Å². The summed E-state index contributed by atoms with van der Waals surface area (Å²) < 4.78 is 23.3. The Balaban J connectivity index is 2.07. The highest BCUT2D eigenvalue weighted by Gasteiger charge is 2.02. The van der Waals surface area contributed by atoms with Crippen LogP contribution in [0.25, 0.3) is 0 Å². The summed E-state index contributed by atoms with van der Waals surface area (Å²) in [6.07, 6.45) is 3.19. The Morgan fingerprint density at radius 2 is 2.20 bits per heavy atom. The summed E-state index contributed by atoms with van der Waals surface area (Å²) in [7, 11) is 0. The molecule has 0 saturated carbocycles. The highest BCUT2D eigenvalue weighted by atomic mass is 19.1. The third-order valence-electron chi connectivity index (χ3n) is 2.12. The molecule has 1 aromatic heterocycles. The van der Waals surface area contributed by atoms with E-state index in [1.165, 1.54) is 12.1 Å². The van der Waals surface area contributed by atoms with Crippen LogP contribution >= 0.6 is 0 Å². The van der Waals surface area contributed by atoms with Crippen molar-refractivity contribution in [2.24, 2.45) is 0 Å². The molecule has 1 aromatic carbocycles. The van der Waals surface area contributed by atoms with E-state index in [1.807, 2.05) is 13.0 Å². The number of aryl methyl sites for hydroxylation is 1. The van der Waals surface area contributed by atoms with Crippen LogP contribution in [-0.2, 0) is 6.61 Å². The Bertz CT molecular complexity index is 435. The minimum absolute atomic E-state index is 0.289.